The summed E-state index contributed by atoms with van der Waals surface area (Å²) in [7, 11) is 1.50. The van der Waals surface area contributed by atoms with Gasteiger partial charge < -0.3 is 13.9 Å². The van der Waals surface area contributed by atoms with Crippen LogP contribution >= 0.6 is 11.3 Å². The number of carbonyl (C=O) groups is 1. The van der Waals surface area contributed by atoms with Gasteiger partial charge >= 0.3 is 0 Å². The number of rotatable bonds is 8. The van der Waals surface area contributed by atoms with Gasteiger partial charge in [-0.3, -0.25) is 14.5 Å². The molecule has 8 nitrogen and oxygen atoms in total. The maximum atomic E-state index is 14.0. The van der Waals surface area contributed by atoms with Crippen molar-refractivity contribution in [1.29, 1.82) is 0 Å². The van der Waals surface area contributed by atoms with Crippen LogP contribution in [0.25, 0.3) is 11.0 Å². The molecule has 1 unspecified atom stereocenters. The molecule has 0 saturated carbocycles. The maximum Gasteiger partial charge on any atom is 0.297 e. The molecule has 2 aromatic heterocycles. The van der Waals surface area contributed by atoms with Crippen molar-refractivity contribution >= 4 is 33.3 Å². The summed E-state index contributed by atoms with van der Waals surface area (Å²) >= 11 is 1.28. The Morgan fingerprint density at radius 1 is 1.19 bits per heavy atom. The van der Waals surface area contributed by atoms with E-state index in [0.717, 1.165) is 17.5 Å². The van der Waals surface area contributed by atoms with Gasteiger partial charge in [-0.15, -0.1) is 10.2 Å². The van der Waals surface area contributed by atoms with Crippen molar-refractivity contribution in [3.8, 4) is 11.5 Å². The summed E-state index contributed by atoms with van der Waals surface area (Å²) in [6.45, 7) is 5.95. The van der Waals surface area contributed by atoms with E-state index in [9.17, 15) is 14.0 Å². The van der Waals surface area contributed by atoms with Gasteiger partial charge in [0.1, 0.15) is 23.0 Å². The Kier molecular flexibility index (Phi) is 6.27. The van der Waals surface area contributed by atoms with Gasteiger partial charge in [0, 0.05) is 6.42 Å². The molecule has 0 bridgehead atoms. The summed E-state index contributed by atoms with van der Waals surface area (Å²) in [4.78, 5) is 28.7. The Hall–Kier alpha value is -4.05. The van der Waals surface area contributed by atoms with Crippen LogP contribution in [0, 0.1) is 5.82 Å². The van der Waals surface area contributed by atoms with E-state index in [2.05, 4.69) is 16.8 Å². The summed E-state index contributed by atoms with van der Waals surface area (Å²) in [5.41, 5.74) is 0.312. The first kappa shape index (κ1) is 23.7. The van der Waals surface area contributed by atoms with Crippen LogP contribution in [0.4, 0.5) is 9.52 Å². The van der Waals surface area contributed by atoms with Crippen LogP contribution in [-0.4, -0.2) is 29.8 Å². The zero-order valence-corrected chi connectivity index (χ0v) is 20.4. The molecule has 0 aliphatic carbocycles. The van der Waals surface area contributed by atoms with Gasteiger partial charge in [-0.2, -0.15) is 0 Å². The Bertz CT molecular complexity index is 1550. The predicted octanol–water partition coefficient (Wildman–Crippen LogP) is 5.06. The summed E-state index contributed by atoms with van der Waals surface area (Å²) in [6.07, 6.45) is 3.19. The number of aryl methyl sites for hydroxylation is 1. The number of halogens is 1. The lowest BCUT2D eigenvalue weighted by molar-refractivity contribution is 0.0970. The van der Waals surface area contributed by atoms with Gasteiger partial charge in [0.05, 0.1) is 24.1 Å². The minimum absolute atomic E-state index is 0.0511. The lowest BCUT2D eigenvalue weighted by Gasteiger charge is -2.23. The Balaban J connectivity index is 1.73. The third kappa shape index (κ3) is 3.93. The number of amides is 1. The van der Waals surface area contributed by atoms with Crippen LogP contribution in [0.5, 0.6) is 11.5 Å². The molecule has 0 radical (unpaired) electrons. The minimum Gasteiger partial charge on any atom is -0.493 e. The Morgan fingerprint density at radius 2 is 2.03 bits per heavy atom. The predicted molar refractivity (Wildman–Crippen MR) is 134 cm³/mol. The van der Waals surface area contributed by atoms with E-state index in [1.54, 1.807) is 24.3 Å². The molecule has 0 saturated heterocycles. The fraction of sp³-hybridized carbons (Fsp3) is 0.231. The largest absolute Gasteiger partial charge is 0.493 e. The number of anilines is 1. The van der Waals surface area contributed by atoms with Crippen molar-refractivity contribution in [1.82, 2.24) is 10.2 Å². The summed E-state index contributed by atoms with van der Waals surface area (Å²) in [5.74, 6) is -0.321. The Morgan fingerprint density at radius 3 is 2.78 bits per heavy atom. The highest BCUT2D eigenvalue weighted by molar-refractivity contribution is 7.15. The smallest absolute Gasteiger partial charge is 0.297 e. The number of fused-ring (bicyclic) bond motifs is 2. The van der Waals surface area contributed by atoms with Crippen LogP contribution in [0.15, 0.2) is 58.3 Å². The van der Waals surface area contributed by atoms with Crippen molar-refractivity contribution in [2.24, 2.45) is 0 Å². The van der Waals surface area contributed by atoms with Gasteiger partial charge in [-0.25, -0.2) is 4.39 Å². The van der Waals surface area contributed by atoms with Gasteiger partial charge in [0.25, 0.3) is 5.91 Å². The SMILES string of the molecule is C=CCOc1ccc(C2c3c(oc4ccc(F)cc4c3=O)C(=O)N2c2nnc(CCC)s2)cc1OC. The highest BCUT2D eigenvalue weighted by Crippen LogP contribution is 2.44. The molecule has 36 heavy (non-hydrogen) atoms. The van der Waals surface area contributed by atoms with E-state index in [1.165, 1.54) is 35.5 Å². The molecule has 5 rings (SSSR count). The molecule has 4 aromatic rings. The Labute approximate surface area is 209 Å². The molecule has 1 aliphatic heterocycles. The van der Waals surface area contributed by atoms with Gasteiger partial charge in [0.15, 0.2) is 16.9 Å². The van der Waals surface area contributed by atoms with Gasteiger partial charge in [-0.1, -0.05) is 37.0 Å². The van der Waals surface area contributed by atoms with Crippen LogP contribution < -0.4 is 19.8 Å². The molecule has 1 atom stereocenters. The highest BCUT2D eigenvalue weighted by Gasteiger charge is 2.45. The van der Waals surface area contributed by atoms with E-state index >= 15 is 0 Å². The first-order valence-electron chi connectivity index (χ1n) is 11.3. The third-order valence-corrected chi connectivity index (χ3v) is 6.80. The number of carbonyl (C=O) groups excluding carboxylic acids is 1. The summed E-state index contributed by atoms with van der Waals surface area (Å²) in [5, 5.41) is 9.61. The first-order chi connectivity index (χ1) is 17.5. The fourth-order valence-corrected chi connectivity index (χ4v) is 5.20. The minimum atomic E-state index is -0.888. The highest BCUT2D eigenvalue weighted by atomic mass is 32.1. The second-order valence-electron chi connectivity index (χ2n) is 8.13. The number of benzene rings is 2. The molecule has 3 heterocycles. The normalized spacial score (nSPS) is 14.8. The molecule has 2 aromatic carbocycles. The lowest BCUT2D eigenvalue weighted by atomic mass is 9.98. The molecule has 0 spiro atoms. The van der Waals surface area contributed by atoms with Crippen LogP contribution in [0.1, 0.15) is 46.1 Å². The molecule has 184 valence electrons. The molecular formula is C26H22FN3O5S. The van der Waals surface area contributed by atoms with Crippen LogP contribution in [0.3, 0.4) is 0 Å². The average molecular weight is 508 g/mol. The summed E-state index contributed by atoms with van der Waals surface area (Å²) < 4.78 is 31.1. The van der Waals surface area contributed by atoms with E-state index in [-0.39, 0.29) is 28.9 Å². The number of hydrogen-bond acceptors (Lipinski definition) is 8. The average Bonchev–Trinajstić information content (AvgIpc) is 3.45. The molecule has 1 aliphatic rings. The molecule has 10 heteroatoms. The topological polar surface area (TPSA) is 94.8 Å². The van der Waals surface area contributed by atoms with E-state index in [1.807, 2.05) is 6.92 Å². The number of aromatic nitrogens is 2. The number of hydrogen-bond donors (Lipinski definition) is 0. The number of methoxy groups -OCH3 is 1. The van der Waals surface area contributed by atoms with Gasteiger partial charge in [-0.05, 0) is 42.3 Å². The van der Waals surface area contributed by atoms with Crippen molar-refractivity contribution in [2.45, 2.75) is 25.8 Å². The van der Waals surface area contributed by atoms with Crippen molar-refractivity contribution < 1.29 is 23.1 Å². The molecule has 0 N–H and O–H groups in total. The molecule has 1 amide bonds. The number of nitrogens with zero attached hydrogens (tertiary/aromatic N) is 3. The third-order valence-electron chi connectivity index (χ3n) is 5.82. The quantitative estimate of drug-likeness (QED) is 0.308. The maximum absolute atomic E-state index is 14.0. The monoisotopic (exact) mass is 507 g/mol. The van der Waals surface area contributed by atoms with Crippen molar-refractivity contribution in [3.05, 3.63) is 87.0 Å². The second-order valence-corrected chi connectivity index (χ2v) is 9.17. The van der Waals surface area contributed by atoms with E-state index in [0.29, 0.717) is 28.6 Å². The van der Waals surface area contributed by atoms with Crippen molar-refractivity contribution in [2.75, 3.05) is 18.6 Å². The second kappa shape index (κ2) is 9.54. The van der Waals surface area contributed by atoms with Crippen molar-refractivity contribution in [3.63, 3.8) is 0 Å². The van der Waals surface area contributed by atoms with Crippen LogP contribution in [0.2, 0.25) is 0 Å². The zero-order valence-electron chi connectivity index (χ0n) is 19.6. The molecular weight excluding hydrogens is 485 g/mol. The van der Waals surface area contributed by atoms with Crippen LogP contribution in [-0.2, 0) is 6.42 Å². The number of ether oxygens (including phenoxy) is 2. The lowest BCUT2D eigenvalue weighted by Crippen LogP contribution is -2.29. The molecule has 0 fully saturated rings. The fourth-order valence-electron chi connectivity index (χ4n) is 4.24. The summed E-state index contributed by atoms with van der Waals surface area (Å²) in [6, 6.07) is 7.89. The standard InChI is InChI=1S/C26H22FN3O5S/c1-4-6-20-28-29-26(36-20)30-22(14-7-9-18(34-11-5-2)19(12-14)33-3)21-23(31)16-13-15(27)8-10-17(16)35-24(21)25(30)32/h5,7-10,12-13,22H,2,4,6,11H2,1,3H3. The zero-order chi connectivity index (χ0) is 25.4. The first-order valence-corrected chi connectivity index (χ1v) is 12.1. The van der Waals surface area contributed by atoms with E-state index in [4.69, 9.17) is 13.9 Å². The van der Waals surface area contributed by atoms with E-state index < -0.39 is 23.2 Å². The van der Waals surface area contributed by atoms with Gasteiger partial charge in [0.2, 0.25) is 10.9 Å².